The molecular formula is C16H18O4. The molecule has 0 heterocycles. The fraction of sp³-hybridized carbons (Fsp3) is 0.375. The summed E-state index contributed by atoms with van der Waals surface area (Å²) in [4.78, 5) is 24.0. The van der Waals surface area contributed by atoms with Crippen LogP contribution in [-0.4, -0.2) is 26.2 Å². The van der Waals surface area contributed by atoms with Crippen LogP contribution in [0.1, 0.15) is 24.3 Å². The molecule has 1 aliphatic rings. The summed E-state index contributed by atoms with van der Waals surface area (Å²) < 4.78 is 9.54. The average Bonchev–Trinajstić information content (AvgIpc) is 3.30. The van der Waals surface area contributed by atoms with Crippen LogP contribution in [0.4, 0.5) is 0 Å². The van der Waals surface area contributed by atoms with E-state index in [1.807, 2.05) is 36.4 Å². The van der Waals surface area contributed by atoms with Gasteiger partial charge in [-0.2, -0.15) is 0 Å². The molecule has 0 spiro atoms. The Labute approximate surface area is 118 Å². The minimum atomic E-state index is -0.958. The van der Waals surface area contributed by atoms with E-state index in [9.17, 15) is 9.59 Å². The van der Waals surface area contributed by atoms with Crippen LogP contribution >= 0.6 is 0 Å². The van der Waals surface area contributed by atoms with E-state index in [0.717, 1.165) is 18.4 Å². The van der Waals surface area contributed by atoms with E-state index < -0.39 is 17.9 Å². The predicted octanol–water partition coefficient (Wildman–Crippen LogP) is 2.45. The van der Waals surface area contributed by atoms with Gasteiger partial charge >= 0.3 is 11.9 Å². The molecule has 0 aliphatic heterocycles. The monoisotopic (exact) mass is 274 g/mol. The summed E-state index contributed by atoms with van der Waals surface area (Å²) in [5.74, 6) is -2.43. The summed E-state index contributed by atoms with van der Waals surface area (Å²) in [6, 6.07) is 9.49. The first-order valence-electron chi connectivity index (χ1n) is 6.57. The van der Waals surface area contributed by atoms with Crippen LogP contribution in [0.2, 0.25) is 0 Å². The molecule has 0 amide bonds. The van der Waals surface area contributed by atoms with Gasteiger partial charge in [0.15, 0.2) is 5.92 Å². The molecule has 0 unspecified atom stereocenters. The van der Waals surface area contributed by atoms with Crippen molar-refractivity contribution in [2.75, 3.05) is 14.2 Å². The summed E-state index contributed by atoms with van der Waals surface area (Å²) in [5, 5.41) is 0. The molecule has 1 atom stereocenters. The number of carbonyl (C=O) groups is 2. The minimum absolute atomic E-state index is 0.339. The first-order chi connectivity index (χ1) is 9.67. The van der Waals surface area contributed by atoms with E-state index in [-0.39, 0.29) is 5.92 Å². The molecule has 0 radical (unpaired) electrons. The molecule has 0 N–H and O–H groups in total. The number of esters is 2. The number of carbonyl (C=O) groups excluding carboxylic acids is 2. The van der Waals surface area contributed by atoms with Gasteiger partial charge in [0.25, 0.3) is 0 Å². The lowest BCUT2D eigenvalue weighted by molar-refractivity contribution is -0.159. The van der Waals surface area contributed by atoms with Gasteiger partial charge in [0.05, 0.1) is 14.2 Å². The molecule has 106 valence electrons. The molecular weight excluding hydrogens is 256 g/mol. The first-order valence-corrected chi connectivity index (χ1v) is 6.57. The Kier molecular flexibility index (Phi) is 4.56. The lowest BCUT2D eigenvalue weighted by Gasteiger charge is -2.21. The van der Waals surface area contributed by atoms with Crippen LogP contribution in [-0.2, 0) is 19.1 Å². The maximum Gasteiger partial charge on any atom is 0.321 e. The Morgan fingerprint density at radius 2 is 1.60 bits per heavy atom. The molecule has 0 aromatic heterocycles. The van der Waals surface area contributed by atoms with Gasteiger partial charge in [-0.1, -0.05) is 42.0 Å². The van der Waals surface area contributed by atoms with Gasteiger partial charge < -0.3 is 9.47 Å². The zero-order valence-electron chi connectivity index (χ0n) is 11.7. The van der Waals surface area contributed by atoms with Crippen molar-refractivity contribution in [2.45, 2.75) is 18.8 Å². The molecule has 1 aliphatic carbocycles. The van der Waals surface area contributed by atoms with Crippen LogP contribution in [0, 0.1) is 5.92 Å². The van der Waals surface area contributed by atoms with Crippen molar-refractivity contribution >= 4 is 11.9 Å². The molecule has 4 nitrogen and oxygen atoms in total. The Hall–Kier alpha value is -2.10. The third kappa shape index (κ3) is 3.26. The van der Waals surface area contributed by atoms with Crippen LogP contribution in [0.5, 0.6) is 0 Å². The highest BCUT2D eigenvalue weighted by molar-refractivity contribution is 5.96. The molecule has 1 aromatic rings. The fourth-order valence-electron chi connectivity index (χ4n) is 2.20. The van der Waals surface area contributed by atoms with Gasteiger partial charge in [-0.15, -0.1) is 0 Å². The minimum Gasteiger partial charge on any atom is -0.468 e. The summed E-state index contributed by atoms with van der Waals surface area (Å²) in [6.07, 6.45) is 4.05. The Bertz CT molecular complexity index is 497. The second-order valence-corrected chi connectivity index (χ2v) is 4.79. The molecule has 1 saturated carbocycles. The lowest BCUT2D eigenvalue weighted by atomic mass is 9.85. The quantitative estimate of drug-likeness (QED) is 0.470. The van der Waals surface area contributed by atoms with Crippen molar-refractivity contribution in [1.29, 1.82) is 0 Å². The van der Waals surface area contributed by atoms with Gasteiger partial charge in [0.2, 0.25) is 0 Å². The van der Waals surface area contributed by atoms with E-state index in [1.54, 1.807) is 0 Å². The highest BCUT2D eigenvalue weighted by Crippen LogP contribution is 2.36. The van der Waals surface area contributed by atoms with Crippen molar-refractivity contribution < 1.29 is 19.1 Å². The zero-order chi connectivity index (χ0) is 14.5. The number of ether oxygens (including phenoxy) is 2. The van der Waals surface area contributed by atoms with E-state index in [2.05, 4.69) is 0 Å². The fourth-order valence-corrected chi connectivity index (χ4v) is 2.20. The lowest BCUT2D eigenvalue weighted by Crippen LogP contribution is -2.31. The molecule has 2 rings (SSSR count). The summed E-state index contributed by atoms with van der Waals surface area (Å²) in [6.45, 7) is 0. The molecule has 1 fully saturated rings. The molecule has 4 heteroatoms. The topological polar surface area (TPSA) is 52.6 Å². The highest BCUT2D eigenvalue weighted by atomic mass is 16.5. The number of rotatable bonds is 5. The summed E-state index contributed by atoms with van der Waals surface area (Å²) >= 11 is 0. The van der Waals surface area contributed by atoms with Gasteiger partial charge in [0.1, 0.15) is 0 Å². The van der Waals surface area contributed by atoms with Crippen molar-refractivity contribution in [3.8, 4) is 0 Å². The number of hydrogen-bond acceptors (Lipinski definition) is 4. The zero-order valence-corrected chi connectivity index (χ0v) is 11.7. The first kappa shape index (κ1) is 14.3. The van der Waals surface area contributed by atoms with E-state index >= 15 is 0 Å². The van der Waals surface area contributed by atoms with E-state index in [1.165, 1.54) is 19.8 Å². The predicted molar refractivity (Wildman–Crippen MR) is 74.0 cm³/mol. The Balaban J connectivity index is 2.39. The summed E-state index contributed by atoms with van der Waals surface area (Å²) in [5.41, 5.74) is 2.17. The van der Waals surface area contributed by atoms with Gasteiger partial charge in [-0.25, -0.2) is 0 Å². The number of allylic oxidation sites excluding steroid dienone is 2. The summed E-state index contributed by atoms with van der Waals surface area (Å²) in [7, 11) is 2.56. The molecule has 20 heavy (non-hydrogen) atoms. The van der Waals surface area contributed by atoms with Crippen LogP contribution < -0.4 is 0 Å². The van der Waals surface area contributed by atoms with E-state index in [0.29, 0.717) is 0 Å². The Morgan fingerprint density at radius 1 is 1.05 bits per heavy atom. The highest BCUT2D eigenvalue weighted by Gasteiger charge is 2.37. The van der Waals surface area contributed by atoms with Crippen molar-refractivity contribution in [3.05, 3.63) is 47.5 Å². The van der Waals surface area contributed by atoms with Crippen LogP contribution in [0.3, 0.4) is 0 Å². The van der Waals surface area contributed by atoms with Crippen molar-refractivity contribution in [3.63, 3.8) is 0 Å². The smallest absolute Gasteiger partial charge is 0.321 e. The van der Waals surface area contributed by atoms with E-state index in [4.69, 9.17) is 9.47 Å². The normalized spacial score (nSPS) is 14.7. The SMILES string of the molecule is COC(=O)C(C(=O)OC)[C@H](C=C1CC1)c1ccccc1. The second kappa shape index (κ2) is 6.37. The Morgan fingerprint density at radius 3 is 2.05 bits per heavy atom. The number of methoxy groups -OCH3 is 2. The number of hydrogen-bond donors (Lipinski definition) is 0. The molecule has 1 aromatic carbocycles. The third-order valence-electron chi connectivity index (χ3n) is 3.41. The maximum atomic E-state index is 12.0. The average molecular weight is 274 g/mol. The molecule has 0 saturated heterocycles. The largest absolute Gasteiger partial charge is 0.468 e. The number of benzene rings is 1. The van der Waals surface area contributed by atoms with Crippen LogP contribution in [0.15, 0.2) is 42.0 Å². The third-order valence-corrected chi connectivity index (χ3v) is 3.41. The van der Waals surface area contributed by atoms with Gasteiger partial charge in [-0.3, -0.25) is 9.59 Å². The second-order valence-electron chi connectivity index (χ2n) is 4.79. The standard InChI is InChI=1S/C16H18O4/c1-19-15(17)14(16(18)20-2)13(10-11-8-9-11)12-6-4-3-5-7-12/h3-7,10,13-14H,8-9H2,1-2H3/t13-/m1/s1. The van der Waals surface area contributed by atoms with Crippen LogP contribution in [0.25, 0.3) is 0 Å². The van der Waals surface area contributed by atoms with Crippen molar-refractivity contribution in [1.82, 2.24) is 0 Å². The maximum absolute atomic E-state index is 12.0. The van der Waals surface area contributed by atoms with Gasteiger partial charge in [0, 0.05) is 5.92 Å². The van der Waals surface area contributed by atoms with Crippen molar-refractivity contribution in [2.24, 2.45) is 5.92 Å². The molecule has 0 bridgehead atoms. The van der Waals surface area contributed by atoms with Gasteiger partial charge in [-0.05, 0) is 18.4 Å².